The van der Waals surface area contributed by atoms with E-state index in [1.807, 2.05) is 0 Å². The van der Waals surface area contributed by atoms with E-state index >= 15 is 0 Å². The van der Waals surface area contributed by atoms with Crippen molar-refractivity contribution in [3.63, 3.8) is 0 Å². The molecule has 5 heteroatoms. The largest absolute Gasteiger partial charge is 0.458 e. The molecule has 0 spiro atoms. The average Bonchev–Trinajstić information content (AvgIpc) is 2.42. The van der Waals surface area contributed by atoms with Gasteiger partial charge >= 0.3 is 5.97 Å². The van der Waals surface area contributed by atoms with Crippen LogP contribution in [0.1, 0.15) is 19.8 Å². The molecule has 0 fully saturated rings. The maximum Gasteiger partial charge on any atom is 0.303 e. The van der Waals surface area contributed by atoms with Gasteiger partial charge in [-0.15, -0.1) is 12.3 Å². The molecular formula is C15H16O4S. The highest BCUT2D eigenvalue weighted by molar-refractivity contribution is 7.94. The number of rotatable bonds is 6. The van der Waals surface area contributed by atoms with E-state index in [1.165, 1.54) is 25.1 Å². The van der Waals surface area contributed by atoms with Gasteiger partial charge in [0.25, 0.3) is 0 Å². The second-order valence-electron chi connectivity index (χ2n) is 4.08. The van der Waals surface area contributed by atoms with Crippen molar-refractivity contribution in [3.05, 3.63) is 41.8 Å². The summed E-state index contributed by atoms with van der Waals surface area (Å²) >= 11 is 0. The van der Waals surface area contributed by atoms with Crippen molar-refractivity contribution in [3.8, 4) is 12.3 Å². The Morgan fingerprint density at radius 3 is 2.60 bits per heavy atom. The van der Waals surface area contributed by atoms with Crippen molar-refractivity contribution in [2.24, 2.45) is 0 Å². The molecule has 1 rings (SSSR count). The minimum absolute atomic E-state index is 0.190. The zero-order chi connectivity index (χ0) is 15.0. The molecule has 4 nitrogen and oxygen atoms in total. The van der Waals surface area contributed by atoms with E-state index in [1.54, 1.807) is 18.2 Å². The lowest BCUT2D eigenvalue weighted by Crippen LogP contribution is -2.14. The van der Waals surface area contributed by atoms with Crippen molar-refractivity contribution in [1.29, 1.82) is 0 Å². The van der Waals surface area contributed by atoms with Crippen LogP contribution in [-0.4, -0.2) is 20.5 Å². The molecule has 0 amide bonds. The summed E-state index contributed by atoms with van der Waals surface area (Å²) in [5.41, 5.74) is 0. The van der Waals surface area contributed by atoms with Crippen LogP contribution in [0.3, 0.4) is 0 Å². The molecule has 0 unspecified atom stereocenters. The lowest BCUT2D eigenvalue weighted by atomic mass is 10.2. The first kappa shape index (κ1) is 16.0. The van der Waals surface area contributed by atoms with Gasteiger partial charge in [-0.25, -0.2) is 8.42 Å². The van der Waals surface area contributed by atoms with Crippen LogP contribution < -0.4 is 0 Å². The molecule has 0 bridgehead atoms. The minimum atomic E-state index is -3.54. The number of hydrogen-bond acceptors (Lipinski definition) is 4. The van der Waals surface area contributed by atoms with Gasteiger partial charge in [0.05, 0.1) is 4.90 Å². The fourth-order valence-corrected chi connectivity index (χ4v) is 2.59. The summed E-state index contributed by atoms with van der Waals surface area (Å²) in [6.07, 6.45) is 6.64. The predicted molar refractivity (Wildman–Crippen MR) is 76.4 cm³/mol. The molecule has 0 aliphatic carbocycles. The van der Waals surface area contributed by atoms with Crippen LogP contribution in [0.5, 0.6) is 0 Å². The van der Waals surface area contributed by atoms with Crippen LogP contribution in [-0.2, 0) is 19.4 Å². The highest BCUT2D eigenvalue weighted by Crippen LogP contribution is 2.13. The number of benzene rings is 1. The Hall–Kier alpha value is -2.06. The first-order chi connectivity index (χ1) is 9.45. The quantitative estimate of drug-likeness (QED) is 0.596. The summed E-state index contributed by atoms with van der Waals surface area (Å²) in [5.74, 6) is 1.95. The smallest absolute Gasteiger partial charge is 0.303 e. The normalized spacial score (nSPS) is 12.8. The molecule has 0 radical (unpaired) electrons. The number of ether oxygens (including phenoxy) is 1. The number of esters is 1. The standard InChI is InChI=1S/C15H16O4S/c1-3-4-8-14(19-13(2)16)11-12-20(17,18)15-9-6-5-7-10-15/h1,5-7,9-12,14H,4,8H2,2H3/b12-11+/t14-/m1/s1. The number of hydrogen-bond donors (Lipinski definition) is 0. The Bertz CT molecular complexity index is 609. The molecular weight excluding hydrogens is 276 g/mol. The van der Waals surface area contributed by atoms with Crippen molar-refractivity contribution >= 4 is 15.8 Å². The lowest BCUT2D eigenvalue weighted by Gasteiger charge is -2.11. The fourth-order valence-electron chi connectivity index (χ4n) is 1.51. The topological polar surface area (TPSA) is 60.4 Å². The Morgan fingerprint density at radius 1 is 1.40 bits per heavy atom. The van der Waals surface area contributed by atoms with Gasteiger partial charge in [-0.2, -0.15) is 0 Å². The van der Waals surface area contributed by atoms with Crippen LogP contribution in [0.25, 0.3) is 0 Å². The predicted octanol–water partition coefficient (Wildman–Crippen LogP) is 2.32. The highest BCUT2D eigenvalue weighted by Gasteiger charge is 2.12. The van der Waals surface area contributed by atoms with Gasteiger partial charge in [0.2, 0.25) is 0 Å². The van der Waals surface area contributed by atoms with E-state index in [9.17, 15) is 13.2 Å². The SMILES string of the molecule is C#CCC[C@H](/C=C/S(=O)(=O)c1ccccc1)OC(C)=O. The van der Waals surface area contributed by atoms with Crippen LogP contribution in [0, 0.1) is 12.3 Å². The third-order valence-corrected chi connectivity index (χ3v) is 3.88. The van der Waals surface area contributed by atoms with Crippen molar-refractivity contribution in [1.82, 2.24) is 0 Å². The van der Waals surface area contributed by atoms with Gasteiger partial charge < -0.3 is 4.74 Å². The third kappa shape index (κ3) is 5.29. The van der Waals surface area contributed by atoms with Gasteiger partial charge in [0, 0.05) is 18.8 Å². The zero-order valence-corrected chi connectivity index (χ0v) is 12.0. The minimum Gasteiger partial charge on any atom is -0.458 e. The molecule has 0 saturated heterocycles. The summed E-state index contributed by atoms with van der Waals surface area (Å²) in [6.45, 7) is 1.27. The highest BCUT2D eigenvalue weighted by atomic mass is 32.2. The number of carbonyl (C=O) groups is 1. The van der Waals surface area contributed by atoms with Gasteiger partial charge in [0.1, 0.15) is 6.10 Å². The van der Waals surface area contributed by atoms with E-state index in [0.717, 1.165) is 5.41 Å². The molecule has 20 heavy (non-hydrogen) atoms. The summed E-state index contributed by atoms with van der Waals surface area (Å²) in [7, 11) is -3.54. The van der Waals surface area contributed by atoms with Gasteiger partial charge in [-0.1, -0.05) is 18.2 Å². The molecule has 0 aliphatic heterocycles. The van der Waals surface area contributed by atoms with Gasteiger partial charge in [-0.3, -0.25) is 4.79 Å². The lowest BCUT2D eigenvalue weighted by molar-refractivity contribution is -0.144. The van der Waals surface area contributed by atoms with Crippen molar-refractivity contribution in [2.75, 3.05) is 0 Å². The van der Waals surface area contributed by atoms with E-state index in [0.29, 0.717) is 12.8 Å². The van der Waals surface area contributed by atoms with E-state index < -0.39 is 21.9 Å². The van der Waals surface area contributed by atoms with Crippen molar-refractivity contribution < 1.29 is 17.9 Å². The second kappa shape index (κ2) is 7.51. The average molecular weight is 292 g/mol. The molecule has 0 aromatic heterocycles. The fraction of sp³-hybridized carbons (Fsp3) is 0.267. The molecule has 0 heterocycles. The van der Waals surface area contributed by atoms with E-state index in [4.69, 9.17) is 11.2 Å². The number of terminal acetylenes is 1. The Labute approximate surface area is 119 Å². The molecule has 1 aromatic carbocycles. The third-order valence-electron chi connectivity index (χ3n) is 2.43. The van der Waals surface area contributed by atoms with Crippen molar-refractivity contribution in [2.45, 2.75) is 30.8 Å². The van der Waals surface area contributed by atoms with Gasteiger partial charge in [-0.05, 0) is 24.6 Å². The van der Waals surface area contributed by atoms with Crippen LogP contribution in [0.4, 0.5) is 0 Å². The first-order valence-electron chi connectivity index (χ1n) is 6.04. The van der Waals surface area contributed by atoms with Crippen LogP contribution >= 0.6 is 0 Å². The summed E-state index contributed by atoms with van der Waals surface area (Å²) in [6, 6.07) is 8.02. The van der Waals surface area contributed by atoms with Crippen LogP contribution in [0.2, 0.25) is 0 Å². The molecule has 0 saturated carbocycles. The summed E-state index contributed by atoms with van der Waals surface area (Å²) in [4.78, 5) is 11.1. The molecule has 0 N–H and O–H groups in total. The maximum absolute atomic E-state index is 12.0. The van der Waals surface area contributed by atoms with Gasteiger partial charge in [0.15, 0.2) is 9.84 Å². The second-order valence-corrected chi connectivity index (χ2v) is 5.91. The Kier molecular flexibility index (Phi) is 6.01. The summed E-state index contributed by atoms with van der Waals surface area (Å²) in [5, 5.41) is 1.05. The molecule has 106 valence electrons. The number of carbonyl (C=O) groups excluding carboxylic acids is 1. The van der Waals surface area contributed by atoms with Crippen LogP contribution in [0.15, 0.2) is 46.7 Å². The number of sulfone groups is 1. The first-order valence-corrected chi connectivity index (χ1v) is 7.59. The van der Waals surface area contributed by atoms with E-state index in [2.05, 4.69) is 5.92 Å². The molecule has 1 aromatic rings. The monoisotopic (exact) mass is 292 g/mol. The molecule has 0 aliphatic rings. The molecule has 1 atom stereocenters. The summed E-state index contributed by atoms with van der Waals surface area (Å²) < 4.78 is 29.1. The van der Waals surface area contributed by atoms with E-state index in [-0.39, 0.29) is 4.90 Å². The Morgan fingerprint density at radius 2 is 2.05 bits per heavy atom. The zero-order valence-electron chi connectivity index (χ0n) is 11.2. The maximum atomic E-state index is 12.0. The Balaban J connectivity index is 2.86.